The molecule has 1 heterocycles. The van der Waals surface area contributed by atoms with E-state index in [1.165, 1.54) is 24.8 Å². The Morgan fingerprint density at radius 3 is 2.58 bits per heavy atom. The molecule has 0 bridgehead atoms. The molecule has 0 spiro atoms. The van der Waals surface area contributed by atoms with Crippen LogP contribution in [0.5, 0.6) is 0 Å². The molecule has 3 saturated carbocycles. The van der Waals surface area contributed by atoms with Crippen molar-refractivity contribution in [2.45, 2.75) is 83.7 Å². The minimum Gasteiger partial charge on any atom is -0.462 e. The summed E-state index contributed by atoms with van der Waals surface area (Å²) < 4.78 is 11.2. The van der Waals surface area contributed by atoms with Crippen molar-refractivity contribution >= 4 is 17.8 Å². The number of nitrogens with zero attached hydrogens (tertiary/aromatic N) is 1. The van der Waals surface area contributed by atoms with E-state index < -0.39 is 0 Å². The number of esters is 2. The minimum absolute atomic E-state index is 0.00340. The van der Waals surface area contributed by atoms with Gasteiger partial charge in [-0.05, 0) is 111 Å². The summed E-state index contributed by atoms with van der Waals surface area (Å²) in [5, 5.41) is 0. The monoisotopic (exact) mass is 516 g/mol. The first kappa shape index (κ1) is 25.4. The van der Waals surface area contributed by atoms with Crippen LogP contribution in [0, 0.1) is 29.1 Å². The van der Waals surface area contributed by atoms with Gasteiger partial charge in [0, 0.05) is 5.41 Å². The average Bonchev–Trinajstić information content (AvgIpc) is 3.20. The normalized spacial score (nSPS) is 35.3. The molecule has 6 rings (SSSR count). The van der Waals surface area contributed by atoms with Crippen molar-refractivity contribution in [3.63, 3.8) is 0 Å². The fourth-order valence-corrected chi connectivity index (χ4v) is 8.94. The van der Waals surface area contributed by atoms with Crippen molar-refractivity contribution in [3.05, 3.63) is 58.8 Å². The summed E-state index contributed by atoms with van der Waals surface area (Å²) in [5.74, 6) is 2.14. The van der Waals surface area contributed by atoms with Crippen molar-refractivity contribution in [3.8, 4) is 0 Å². The molecule has 6 nitrogen and oxygen atoms in total. The van der Waals surface area contributed by atoms with E-state index in [1.807, 2.05) is 43.3 Å². The Morgan fingerprint density at radius 2 is 1.82 bits per heavy atom. The van der Waals surface area contributed by atoms with Crippen molar-refractivity contribution in [1.29, 1.82) is 0 Å². The van der Waals surface area contributed by atoms with Gasteiger partial charge in [0.05, 0.1) is 17.9 Å². The van der Waals surface area contributed by atoms with Crippen molar-refractivity contribution < 1.29 is 19.1 Å². The maximum Gasteiger partial charge on any atom is 0.341 e. The lowest BCUT2D eigenvalue weighted by molar-refractivity contribution is -0.113. The number of carbonyl (C=O) groups excluding carboxylic acids is 2. The van der Waals surface area contributed by atoms with Crippen LogP contribution in [0.3, 0.4) is 0 Å². The van der Waals surface area contributed by atoms with Crippen LogP contribution in [0.1, 0.15) is 97.7 Å². The van der Waals surface area contributed by atoms with Crippen LogP contribution in [0.15, 0.2) is 36.4 Å². The predicted molar refractivity (Wildman–Crippen MR) is 146 cm³/mol. The number of anilines is 1. The lowest BCUT2D eigenvalue weighted by Crippen LogP contribution is -2.54. The molecular formula is C32H40N2O4. The summed E-state index contributed by atoms with van der Waals surface area (Å²) >= 11 is 0. The highest BCUT2D eigenvalue weighted by Crippen LogP contribution is 2.65. The molecule has 1 unspecified atom stereocenters. The first-order chi connectivity index (χ1) is 18.2. The Kier molecular flexibility index (Phi) is 6.27. The number of hydrogen-bond acceptors (Lipinski definition) is 6. The van der Waals surface area contributed by atoms with Crippen LogP contribution >= 0.6 is 0 Å². The minimum atomic E-state index is -0.379. The van der Waals surface area contributed by atoms with E-state index in [-0.39, 0.29) is 28.9 Å². The molecule has 1 aromatic carbocycles. The maximum absolute atomic E-state index is 12.7. The van der Waals surface area contributed by atoms with Gasteiger partial charge in [-0.1, -0.05) is 32.0 Å². The Morgan fingerprint density at radius 1 is 1.03 bits per heavy atom. The number of benzene rings is 1. The number of carbonyl (C=O) groups is 2. The fraction of sp³-hybridized carbons (Fsp3) is 0.594. The molecule has 4 aliphatic rings. The standard InChI is InChI=1S/C32H40N2O4/c1-4-37-30(36)24-16-20-17-26-23-11-10-21-18-22(38-29(35)19-8-6-5-7-9-19)12-14-31(21,2)25(23)13-15-32(26,3)27(20)34-28(24)33/h5-9,16,21-23,25-26H,4,10-15,17-18H2,1-3H3,(H2,33,34)/t21?,22-,23+,25-,26-,31-,32-/m0/s1. The third-order valence-electron chi connectivity index (χ3n) is 10.9. The van der Waals surface area contributed by atoms with E-state index in [2.05, 4.69) is 13.8 Å². The molecule has 2 N–H and O–H groups in total. The van der Waals surface area contributed by atoms with Gasteiger partial charge in [0.25, 0.3) is 0 Å². The smallest absolute Gasteiger partial charge is 0.341 e. The lowest BCUT2D eigenvalue weighted by Gasteiger charge is -2.60. The SMILES string of the molecule is CCOC(=O)c1cc2c(nc1N)[C@@]1(C)CC[C@H]3[C@@H](CCC4C[C@@H](OC(=O)c5ccccc5)CC[C@@]43C)[C@@H]1C2. The van der Waals surface area contributed by atoms with E-state index in [0.717, 1.165) is 37.8 Å². The van der Waals surface area contributed by atoms with Gasteiger partial charge >= 0.3 is 11.9 Å². The van der Waals surface area contributed by atoms with Gasteiger partial charge in [0.15, 0.2) is 0 Å². The van der Waals surface area contributed by atoms with E-state index >= 15 is 0 Å². The molecule has 202 valence electrons. The molecule has 0 amide bonds. The van der Waals surface area contributed by atoms with Crippen molar-refractivity contribution in [2.75, 3.05) is 12.3 Å². The number of ether oxygens (including phenoxy) is 2. The number of fused-ring (bicyclic) bond motifs is 7. The zero-order chi connectivity index (χ0) is 26.7. The molecule has 6 heteroatoms. The number of nitrogens with two attached hydrogens (primary N) is 1. The zero-order valence-corrected chi connectivity index (χ0v) is 22.9. The summed E-state index contributed by atoms with van der Waals surface area (Å²) in [4.78, 5) is 30.0. The van der Waals surface area contributed by atoms with Gasteiger partial charge in [-0.2, -0.15) is 0 Å². The van der Waals surface area contributed by atoms with E-state index in [1.54, 1.807) is 0 Å². The average molecular weight is 517 g/mol. The maximum atomic E-state index is 12.7. The number of aromatic nitrogens is 1. The van der Waals surface area contributed by atoms with Crippen LogP contribution in [-0.4, -0.2) is 29.6 Å². The molecule has 0 saturated heterocycles. The molecule has 0 radical (unpaired) electrons. The van der Waals surface area contributed by atoms with Gasteiger partial charge in [-0.15, -0.1) is 0 Å². The number of nitrogen functional groups attached to an aromatic ring is 1. The Bertz CT molecular complexity index is 1250. The van der Waals surface area contributed by atoms with Gasteiger partial charge in [0.1, 0.15) is 17.5 Å². The second-order valence-corrected chi connectivity index (χ2v) is 12.6. The summed E-state index contributed by atoms with van der Waals surface area (Å²) in [6.07, 6.45) is 8.69. The summed E-state index contributed by atoms with van der Waals surface area (Å²) in [7, 11) is 0. The van der Waals surface area contributed by atoms with Gasteiger partial charge < -0.3 is 15.2 Å². The zero-order valence-electron chi connectivity index (χ0n) is 22.9. The van der Waals surface area contributed by atoms with Crippen molar-refractivity contribution in [1.82, 2.24) is 4.98 Å². The van der Waals surface area contributed by atoms with Gasteiger partial charge in [-0.3, -0.25) is 0 Å². The molecule has 4 aliphatic carbocycles. The molecule has 2 aromatic rings. The molecule has 1 aromatic heterocycles. The number of hydrogen-bond donors (Lipinski definition) is 1. The quantitative estimate of drug-likeness (QED) is 0.492. The summed E-state index contributed by atoms with van der Waals surface area (Å²) in [6.45, 7) is 7.03. The highest BCUT2D eigenvalue weighted by Gasteiger charge is 2.60. The molecule has 3 fully saturated rings. The second-order valence-electron chi connectivity index (χ2n) is 12.6. The van der Waals surface area contributed by atoms with Crippen LogP contribution < -0.4 is 5.73 Å². The summed E-state index contributed by atoms with van der Waals surface area (Å²) in [5.41, 5.74) is 9.89. The summed E-state index contributed by atoms with van der Waals surface area (Å²) in [6, 6.07) is 11.3. The Balaban J connectivity index is 1.19. The largest absolute Gasteiger partial charge is 0.462 e. The highest BCUT2D eigenvalue weighted by atomic mass is 16.5. The molecule has 7 atom stereocenters. The van der Waals surface area contributed by atoms with Crippen LogP contribution in [0.4, 0.5) is 5.82 Å². The predicted octanol–water partition coefficient (Wildman–Crippen LogP) is 6.12. The first-order valence-corrected chi connectivity index (χ1v) is 14.5. The Hall–Kier alpha value is -2.89. The van der Waals surface area contributed by atoms with Crippen LogP contribution in [-0.2, 0) is 21.3 Å². The topological polar surface area (TPSA) is 91.5 Å². The van der Waals surface area contributed by atoms with E-state index in [9.17, 15) is 9.59 Å². The fourth-order valence-electron chi connectivity index (χ4n) is 8.94. The second kappa shape index (κ2) is 9.39. The van der Waals surface area contributed by atoms with E-state index in [4.69, 9.17) is 20.2 Å². The third kappa shape index (κ3) is 3.94. The third-order valence-corrected chi connectivity index (χ3v) is 10.9. The number of rotatable bonds is 4. The lowest BCUT2D eigenvalue weighted by atomic mass is 9.45. The van der Waals surface area contributed by atoms with Gasteiger partial charge in [0.2, 0.25) is 0 Å². The highest BCUT2D eigenvalue weighted by molar-refractivity contribution is 5.94. The Labute approximate surface area is 225 Å². The molecular weight excluding hydrogens is 476 g/mol. The first-order valence-electron chi connectivity index (χ1n) is 14.5. The van der Waals surface area contributed by atoms with Crippen LogP contribution in [0.25, 0.3) is 0 Å². The van der Waals surface area contributed by atoms with Crippen molar-refractivity contribution in [2.24, 2.45) is 29.1 Å². The van der Waals surface area contributed by atoms with Crippen LogP contribution in [0.2, 0.25) is 0 Å². The molecule has 0 aliphatic heterocycles. The van der Waals surface area contributed by atoms with Gasteiger partial charge in [-0.25, -0.2) is 14.6 Å². The molecule has 38 heavy (non-hydrogen) atoms. The number of pyridine rings is 1. The van der Waals surface area contributed by atoms with E-state index in [0.29, 0.717) is 47.2 Å².